The van der Waals surface area contributed by atoms with Gasteiger partial charge in [-0.15, -0.1) is 0 Å². The number of ether oxygens (including phenoxy) is 2. The van der Waals surface area contributed by atoms with E-state index in [4.69, 9.17) is 14.7 Å². The van der Waals surface area contributed by atoms with E-state index in [0.29, 0.717) is 29.2 Å². The molecule has 26 heavy (non-hydrogen) atoms. The van der Waals surface area contributed by atoms with Gasteiger partial charge in [0.1, 0.15) is 18.1 Å². The second kappa shape index (κ2) is 7.53. The zero-order chi connectivity index (χ0) is 18.7. The molecule has 1 heterocycles. The lowest BCUT2D eigenvalue weighted by atomic mass is 10.1. The Morgan fingerprint density at radius 3 is 2.62 bits per heavy atom. The van der Waals surface area contributed by atoms with Crippen LogP contribution in [0.3, 0.4) is 0 Å². The fourth-order valence-electron chi connectivity index (χ4n) is 2.43. The first-order chi connectivity index (χ1) is 12.4. The topological polar surface area (TPSA) is 83.3 Å². The molecular weight excluding hydrogens is 334 g/mol. The highest BCUT2D eigenvalue weighted by Gasteiger charge is 2.27. The maximum absolute atomic E-state index is 12.5. The van der Waals surface area contributed by atoms with E-state index in [1.54, 1.807) is 36.4 Å². The zero-order valence-corrected chi connectivity index (χ0v) is 14.5. The van der Waals surface area contributed by atoms with E-state index >= 15 is 0 Å². The Morgan fingerprint density at radius 2 is 1.96 bits per heavy atom. The van der Waals surface area contributed by atoms with Gasteiger partial charge in [0.15, 0.2) is 11.4 Å². The molecule has 2 aromatic rings. The van der Waals surface area contributed by atoms with Gasteiger partial charge >= 0.3 is 0 Å². The van der Waals surface area contributed by atoms with Crippen molar-refractivity contribution in [2.45, 2.75) is 13.8 Å². The number of hydrogen-bond acceptors (Lipinski definition) is 5. The van der Waals surface area contributed by atoms with Gasteiger partial charge in [0.25, 0.3) is 0 Å². The summed E-state index contributed by atoms with van der Waals surface area (Å²) in [6.45, 7) is 4.44. The average molecular weight is 353 g/mol. The van der Waals surface area contributed by atoms with E-state index in [-0.39, 0.29) is 17.2 Å². The minimum Gasteiger partial charge on any atom is -0.595 e. The van der Waals surface area contributed by atoms with Crippen molar-refractivity contribution in [2.75, 3.05) is 6.61 Å². The van der Waals surface area contributed by atoms with Crippen LogP contribution < -0.4 is 14.7 Å². The van der Waals surface area contributed by atoms with Crippen molar-refractivity contribution in [3.63, 3.8) is 0 Å². The summed E-state index contributed by atoms with van der Waals surface area (Å²) in [6.07, 6.45) is 3.56. The number of hydrogen-bond donors (Lipinski definition) is 2. The third-order valence-electron chi connectivity index (χ3n) is 3.84. The van der Waals surface area contributed by atoms with Crippen LogP contribution in [0.1, 0.15) is 29.8 Å². The first-order valence-electron chi connectivity index (χ1n) is 8.12. The molecule has 1 aliphatic rings. The van der Waals surface area contributed by atoms with Crippen molar-refractivity contribution in [1.82, 2.24) is 0 Å². The predicted octanol–water partition coefficient (Wildman–Crippen LogP) is 3.05. The standard InChI is InChI=1S/C20H19NO5/c1-13(2)9-10-25-16-7-8-17-18(12-16)26-19(20(17)22)11-14-3-5-15(6-4-14)21(23)24/h3-9,11-12,21,23H,10H2,1-2H3. The van der Waals surface area contributed by atoms with Crippen LogP contribution >= 0.6 is 0 Å². The number of fused-ring (bicyclic) bond motifs is 1. The Hall–Kier alpha value is -2.93. The summed E-state index contributed by atoms with van der Waals surface area (Å²) in [5.41, 5.74) is 2.52. The van der Waals surface area contributed by atoms with Crippen molar-refractivity contribution in [3.05, 3.63) is 76.2 Å². The van der Waals surface area contributed by atoms with Gasteiger partial charge in [0.2, 0.25) is 5.78 Å². The predicted molar refractivity (Wildman–Crippen MR) is 96.5 cm³/mol. The molecule has 0 fully saturated rings. The summed E-state index contributed by atoms with van der Waals surface area (Å²) >= 11 is 0. The van der Waals surface area contributed by atoms with E-state index in [2.05, 4.69) is 0 Å². The Morgan fingerprint density at radius 1 is 1.23 bits per heavy atom. The normalized spacial score (nSPS) is 15.4. The molecule has 6 heteroatoms. The Kier molecular flexibility index (Phi) is 5.18. The number of ketones is 1. The minimum atomic E-state index is -0.995. The van der Waals surface area contributed by atoms with Gasteiger partial charge in [-0.25, -0.2) is 5.21 Å². The highest BCUT2D eigenvalue weighted by molar-refractivity contribution is 6.14. The van der Waals surface area contributed by atoms with Crippen LogP contribution in [0.15, 0.2) is 59.9 Å². The lowest BCUT2D eigenvalue weighted by Crippen LogP contribution is -2.99. The first kappa shape index (κ1) is 17.9. The number of allylic oxidation sites excluding steroid dienone is 2. The zero-order valence-electron chi connectivity index (χ0n) is 14.5. The molecule has 134 valence electrons. The third-order valence-corrected chi connectivity index (χ3v) is 3.84. The SMILES string of the molecule is CC(C)=CCOc1ccc2c(c1)OC(=Cc1ccc([NH+]([O-])O)cc1)C2=O. The smallest absolute Gasteiger partial charge is 0.231 e. The number of rotatable bonds is 5. The van der Waals surface area contributed by atoms with Crippen LogP contribution in [0.4, 0.5) is 5.69 Å². The molecule has 6 nitrogen and oxygen atoms in total. The molecule has 1 atom stereocenters. The summed E-state index contributed by atoms with van der Waals surface area (Å²) in [6, 6.07) is 11.3. The minimum absolute atomic E-state index is 0.187. The summed E-state index contributed by atoms with van der Waals surface area (Å²) in [5.74, 6) is 1.07. The molecule has 0 saturated heterocycles. The third kappa shape index (κ3) is 4.00. The lowest BCUT2D eigenvalue weighted by molar-refractivity contribution is -0.991. The summed E-state index contributed by atoms with van der Waals surface area (Å²) in [5, 5.41) is 18.8. The molecule has 0 aromatic heterocycles. The van der Waals surface area contributed by atoms with Crippen LogP contribution in [-0.2, 0) is 0 Å². The molecule has 3 rings (SSSR count). The van der Waals surface area contributed by atoms with Crippen molar-refractivity contribution in [1.29, 1.82) is 0 Å². The Bertz CT molecular complexity index is 878. The average Bonchev–Trinajstić information content (AvgIpc) is 2.90. The molecule has 1 aliphatic heterocycles. The number of nitrogens with one attached hydrogen (secondary N) is 1. The Balaban J connectivity index is 1.77. The van der Waals surface area contributed by atoms with E-state index in [1.807, 2.05) is 19.9 Å². The molecule has 0 saturated carbocycles. The molecule has 0 spiro atoms. The molecule has 1 unspecified atom stereocenters. The second-order valence-corrected chi connectivity index (χ2v) is 6.12. The lowest BCUT2D eigenvalue weighted by Gasteiger charge is -2.10. The molecular formula is C20H19NO5. The van der Waals surface area contributed by atoms with Crippen LogP contribution in [0.2, 0.25) is 0 Å². The van der Waals surface area contributed by atoms with Crippen LogP contribution in [0.5, 0.6) is 11.5 Å². The Labute approximate surface area is 151 Å². The van der Waals surface area contributed by atoms with Gasteiger partial charge < -0.3 is 14.7 Å². The van der Waals surface area contributed by atoms with Gasteiger partial charge in [0, 0.05) is 18.2 Å². The van der Waals surface area contributed by atoms with Crippen LogP contribution in [-0.4, -0.2) is 17.6 Å². The largest absolute Gasteiger partial charge is 0.595 e. The molecule has 0 radical (unpaired) electrons. The quantitative estimate of drug-likeness (QED) is 0.490. The monoisotopic (exact) mass is 353 g/mol. The van der Waals surface area contributed by atoms with Crippen LogP contribution in [0.25, 0.3) is 6.08 Å². The van der Waals surface area contributed by atoms with E-state index in [1.165, 1.54) is 12.1 Å². The van der Waals surface area contributed by atoms with Gasteiger partial charge in [-0.2, -0.15) is 5.23 Å². The molecule has 0 aliphatic carbocycles. The summed E-state index contributed by atoms with van der Waals surface area (Å²) < 4.78 is 11.3. The summed E-state index contributed by atoms with van der Waals surface area (Å²) in [4.78, 5) is 12.5. The van der Waals surface area contributed by atoms with Crippen molar-refractivity contribution >= 4 is 17.5 Å². The summed E-state index contributed by atoms with van der Waals surface area (Å²) in [7, 11) is 0. The van der Waals surface area contributed by atoms with Crippen molar-refractivity contribution in [3.8, 4) is 11.5 Å². The van der Waals surface area contributed by atoms with Gasteiger partial charge in [-0.1, -0.05) is 5.57 Å². The maximum atomic E-state index is 12.5. The number of quaternary nitrogens is 1. The second-order valence-electron chi connectivity index (χ2n) is 6.12. The van der Waals surface area contributed by atoms with Crippen molar-refractivity contribution in [2.24, 2.45) is 0 Å². The van der Waals surface area contributed by atoms with Crippen molar-refractivity contribution < 1.29 is 24.7 Å². The highest BCUT2D eigenvalue weighted by Crippen LogP contribution is 2.34. The fourth-order valence-corrected chi connectivity index (χ4v) is 2.43. The number of carbonyl (C=O) groups excluding carboxylic acids is 1. The van der Waals surface area contributed by atoms with Crippen LogP contribution in [0, 0.1) is 5.21 Å². The van der Waals surface area contributed by atoms with Gasteiger partial charge in [-0.3, -0.25) is 4.79 Å². The van der Waals surface area contributed by atoms with E-state index in [9.17, 15) is 10.0 Å². The molecule has 0 bridgehead atoms. The first-order valence-corrected chi connectivity index (χ1v) is 8.12. The fraction of sp³-hybridized carbons (Fsp3) is 0.150. The molecule has 0 amide bonds. The molecule has 2 N–H and O–H groups in total. The number of benzene rings is 2. The maximum Gasteiger partial charge on any atom is 0.231 e. The van der Waals surface area contributed by atoms with E-state index in [0.717, 1.165) is 5.57 Å². The highest BCUT2D eigenvalue weighted by atomic mass is 16.8. The van der Waals surface area contributed by atoms with Gasteiger partial charge in [0.05, 0.1) is 5.56 Å². The van der Waals surface area contributed by atoms with Gasteiger partial charge in [-0.05, 0) is 55.8 Å². The van der Waals surface area contributed by atoms with E-state index < -0.39 is 5.23 Å². The number of Topliss-reactive ketones (excluding diaryl/α,β-unsaturated/α-hetero) is 1. The molecule has 2 aromatic carbocycles. The number of carbonyl (C=O) groups is 1.